The number of fused-ring (bicyclic) bond motifs is 2. The first-order valence-electron chi connectivity index (χ1n) is 22.3. The minimum atomic E-state index is -0.276. The normalized spacial score (nSPS) is 17.7. The summed E-state index contributed by atoms with van der Waals surface area (Å²) in [4.78, 5) is 32.1. The highest BCUT2D eigenvalue weighted by Gasteiger charge is 2.27. The Kier molecular flexibility index (Phi) is 17.9. The first kappa shape index (κ1) is 47.7. The van der Waals surface area contributed by atoms with Gasteiger partial charge in [0.05, 0.1) is 36.0 Å². The number of aromatic hydroxyl groups is 1. The lowest BCUT2D eigenvalue weighted by atomic mass is 9.87. The molecule has 9 nitrogen and oxygen atoms in total. The Morgan fingerprint density at radius 1 is 1.08 bits per heavy atom. The van der Waals surface area contributed by atoms with Crippen molar-refractivity contribution in [2.24, 2.45) is 32.5 Å². The number of unbranched alkanes of at least 4 members (excludes halogenated alkanes) is 2. The van der Waals surface area contributed by atoms with E-state index in [0.29, 0.717) is 55.7 Å². The van der Waals surface area contributed by atoms with Gasteiger partial charge < -0.3 is 25.4 Å². The quantitative estimate of drug-likeness (QED) is 0.0728. The molecule has 5 rings (SSSR count). The lowest BCUT2D eigenvalue weighted by Crippen LogP contribution is -2.45. The second-order valence-corrected chi connectivity index (χ2v) is 16.7. The molecule has 1 amide bonds. The molecule has 10 heteroatoms. The highest BCUT2D eigenvalue weighted by atomic mass is 19.1. The molecule has 0 fully saturated rings. The van der Waals surface area contributed by atoms with Crippen LogP contribution >= 0.6 is 0 Å². The van der Waals surface area contributed by atoms with E-state index in [-0.39, 0.29) is 35.1 Å². The predicted molar refractivity (Wildman–Crippen MR) is 249 cm³/mol. The number of amidine groups is 1. The van der Waals surface area contributed by atoms with Crippen LogP contribution in [0.4, 0.5) is 4.39 Å². The van der Waals surface area contributed by atoms with E-state index in [2.05, 4.69) is 78.5 Å². The molecule has 0 saturated carbocycles. The van der Waals surface area contributed by atoms with E-state index < -0.39 is 0 Å². The summed E-state index contributed by atoms with van der Waals surface area (Å²) in [6.07, 6.45) is 13.8. The number of phenolic OH excluding ortho intramolecular Hbond substituents is 1. The van der Waals surface area contributed by atoms with Gasteiger partial charge in [0.15, 0.2) is 0 Å². The number of nitrogens with zero attached hydrogens (tertiary/aromatic N) is 5. The second-order valence-electron chi connectivity index (χ2n) is 16.7. The smallest absolute Gasteiger partial charge is 0.269 e. The third kappa shape index (κ3) is 11.8. The van der Waals surface area contributed by atoms with Crippen molar-refractivity contribution < 1.29 is 19.0 Å². The largest absolute Gasteiger partial charge is 0.508 e. The number of phenols is 1. The zero-order valence-corrected chi connectivity index (χ0v) is 38.3. The fourth-order valence-corrected chi connectivity index (χ4v) is 7.60. The van der Waals surface area contributed by atoms with Crippen molar-refractivity contribution in [1.29, 1.82) is 0 Å². The van der Waals surface area contributed by atoms with Crippen molar-refractivity contribution in [2.75, 3.05) is 40.3 Å². The van der Waals surface area contributed by atoms with Gasteiger partial charge in [0.25, 0.3) is 5.91 Å². The fourth-order valence-electron chi connectivity index (χ4n) is 7.60. The number of nitrogens with two attached hydrogens (primary N) is 1. The fraction of sp³-hybridized carbons (Fsp3) is 0.520. The summed E-state index contributed by atoms with van der Waals surface area (Å²) in [5.41, 5.74) is 11.2. The lowest BCUT2D eigenvalue weighted by molar-refractivity contribution is -0.124. The summed E-state index contributed by atoms with van der Waals surface area (Å²) in [7, 11) is 3.36. The summed E-state index contributed by atoms with van der Waals surface area (Å²) in [6.45, 7) is 21.4. The summed E-state index contributed by atoms with van der Waals surface area (Å²) in [5.74, 6) is 1.34. The minimum Gasteiger partial charge on any atom is -0.508 e. The SMILES string of the molecule is CCC/C=C(/N=C(\c1c(C)cc(-c2cc(O)cc3ccc(F)c(CC)c23)c2c1=CC(C)C(C)N=2)N1CCCN=C(/C=C(\N)C(=O)N(C)C)C1)OCC(C)CCC.CCCC. The van der Waals surface area contributed by atoms with Crippen LogP contribution in [0.5, 0.6) is 5.75 Å². The number of benzene rings is 3. The molecule has 60 heavy (non-hydrogen) atoms. The van der Waals surface area contributed by atoms with E-state index in [1.54, 1.807) is 38.4 Å². The van der Waals surface area contributed by atoms with Crippen molar-refractivity contribution >= 4 is 34.3 Å². The summed E-state index contributed by atoms with van der Waals surface area (Å²) in [6, 6.07) is 8.74. The number of allylic oxidation sites excluding steroid dienone is 1. The minimum absolute atomic E-state index is 0.0224. The van der Waals surface area contributed by atoms with Gasteiger partial charge in [-0.3, -0.25) is 14.8 Å². The van der Waals surface area contributed by atoms with Crippen LogP contribution in [0.1, 0.15) is 117 Å². The average molecular weight is 823 g/mol. The Morgan fingerprint density at radius 3 is 2.47 bits per heavy atom. The third-order valence-corrected chi connectivity index (χ3v) is 11.2. The number of hydrogen-bond donors (Lipinski definition) is 2. The standard InChI is InChI=1S/C46H61FN6O3.C4H10/c1-10-13-16-41(56-27-28(4)15-11-2)51-45(53-20-14-19-49-33(26-53)24-40(48)46(55)52(8)9)42-30(6)22-37(44-38(42)21-29(5)31(7)50-44)36-25-34(54)23-32-17-18-39(47)35(12-3)43(32)36;1-3-4-2/h16-18,21-25,28-29,31,54H,10-15,19-20,26-27,48H2,1-9H3;3-4H2,1-2H3/b40-24-,41-16-,51-45+;. The number of carbonyl (C=O) groups excluding carboxylic acids is 1. The highest BCUT2D eigenvalue weighted by Crippen LogP contribution is 2.36. The van der Waals surface area contributed by atoms with Gasteiger partial charge in [-0.1, -0.05) is 86.3 Å². The summed E-state index contributed by atoms with van der Waals surface area (Å²) >= 11 is 0. The zero-order chi connectivity index (χ0) is 44.1. The Labute approximate surface area is 358 Å². The number of hydrogen-bond acceptors (Lipinski definition) is 7. The molecule has 3 aromatic carbocycles. The van der Waals surface area contributed by atoms with Crippen LogP contribution in [0.2, 0.25) is 0 Å². The monoisotopic (exact) mass is 823 g/mol. The van der Waals surface area contributed by atoms with E-state index >= 15 is 4.39 Å². The number of halogens is 1. The summed E-state index contributed by atoms with van der Waals surface area (Å²) < 4.78 is 22.0. The molecule has 0 bridgehead atoms. The van der Waals surface area contributed by atoms with Crippen LogP contribution in [0, 0.1) is 24.6 Å². The van der Waals surface area contributed by atoms with Crippen LogP contribution in [-0.4, -0.2) is 78.7 Å². The highest BCUT2D eigenvalue weighted by molar-refractivity contribution is 6.08. The molecule has 0 saturated heterocycles. The van der Waals surface area contributed by atoms with E-state index in [0.717, 1.165) is 81.5 Å². The van der Waals surface area contributed by atoms with Gasteiger partial charge in [0.2, 0.25) is 5.88 Å². The van der Waals surface area contributed by atoms with E-state index in [1.807, 2.05) is 6.92 Å². The molecular weight excluding hydrogens is 752 g/mol. The number of rotatable bonds is 14. The van der Waals surface area contributed by atoms with Gasteiger partial charge in [0, 0.05) is 43.5 Å². The van der Waals surface area contributed by atoms with E-state index in [1.165, 1.54) is 23.8 Å². The van der Waals surface area contributed by atoms with Gasteiger partial charge in [-0.2, -0.15) is 4.99 Å². The van der Waals surface area contributed by atoms with Gasteiger partial charge in [-0.25, -0.2) is 4.39 Å². The van der Waals surface area contributed by atoms with E-state index in [4.69, 9.17) is 25.4 Å². The van der Waals surface area contributed by atoms with E-state index in [9.17, 15) is 9.90 Å². The molecule has 3 atom stereocenters. The first-order chi connectivity index (χ1) is 28.7. The van der Waals surface area contributed by atoms with Crippen LogP contribution in [-0.2, 0) is 16.0 Å². The Hall–Kier alpha value is -4.99. The zero-order valence-electron chi connectivity index (χ0n) is 38.3. The summed E-state index contributed by atoms with van der Waals surface area (Å²) in [5, 5.41) is 14.3. The second kappa shape index (κ2) is 22.6. The number of likely N-dealkylation sites (N-methyl/N-ethyl adjacent to an activating group) is 1. The van der Waals surface area contributed by atoms with Crippen molar-refractivity contribution in [3.63, 3.8) is 0 Å². The van der Waals surface area contributed by atoms with Crippen molar-refractivity contribution in [3.05, 3.63) is 87.1 Å². The van der Waals surface area contributed by atoms with Crippen molar-refractivity contribution in [2.45, 2.75) is 120 Å². The Bertz CT molecular complexity index is 2220. The molecule has 0 aromatic heterocycles. The lowest BCUT2D eigenvalue weighted by Gasteiger charge is -2.29. The predicted octanol–water partition coefficient (Wildman–Crippen LogP) is 9.39. The maximum atomic E-state index is 15.4. The molecule has 3 unspecified atom stereocenters. The Morgan fingerprint density at radius 2 is 1.82 bits per heavy atom. The maximum Gasteiger partial charge on any atom is 0.269 e. The molecular formula is C50H71FN6O3. The number of aryl methyl sites for hydroxylation is 2. The molecule has 2 heterocycles. The maximum absolute atomic E-state index is 15.4. The van der Waals surface area contributed by atoms with Gasteiger partial charge in [-0.15, -0.1) is 0 Å². The van der Waals surface area contributed by atoms with Crippen LogP contribution in [0.15, 0.2) is 69.0 Å². The third-order valence-electron chi connectivity index (χ3n) is 11.2. The number of aliphatic imine (C=N–C) groups is 2. The van der Waals surface area contributed by atoms with Crippen molar-refractivity contribution in [1.82, 2.24) is 9.80 Å². The van der Waals surface area contributed by atoms with Crippen LogP contribution in [0.25, 0.3) is 28.0 Å². The molecule has 3 aromatic rings. The molecule has 0 aliphatic carbocycles. The Balaban J connectivity index is 0.00000190. The number of amides is 1. The van der Waals surface area contributed by atoms with Crippen LogP contribution < -0.4 is 16.3 Å². The van der Waals surface area contributed by atoms with Crippen LogP contribution in [0.3, 0.4) is 0 Å². The molecule has 3 N–H and O–H groups in total. The molecule has 2 aliphatic rings. The molecule has 0 radical (unpaired) electrons. The average Bonchev–Trinajstić information content (AvgIpc) is 3.46. The molecule has 326 valence electrons. The van der Waals surface area contributed by atoms with Gasteiger partial charge >= 0.3 is 0 Å². The van der Waals surface area contributed by atoms with Gasteiger partial charge in [-0.05, 0) is 115 Å². The first-order valence-corrected chi connectivity index (χ1v) is 22.3. The van der Waals surface area contributed by atoms with Gasteiger partial charge in [0.1, 0.15) is 17.4 Å². The molecule has 2 aliphatic heterocycles. The number of ether oxygens (including phenoxy) is 1. The molecule has 0 spiro atoms. The number of carbonyl (C=O) groups is 1. The topological polar surface area (TPSA) is 116 Å². The van der Waals surface area contributed by atoms with Crippen molar-refractivity contribution in [3.8, 4) is 16.9 Å².